The Balaban J connectivity index is 1.96. The molecular formula is C15H14Br2N2O3. The van der Waals surface area contributed by atoms with Gasteiger partial charge in [-0.15, -0.1) is 0 Å². The fraction of sp³-hybridized carbons (Fsp3) is 0.200. The number of hydrogen-bond donors (Lipinski definition) is 1. The fourth-order valence-corrected chi connectivity index (χ4v) is 3.53. The van der Waals surface area contributed by atoms with Gasteiger partial charge in [0.05, 0.1) is 8.95 Å². The molecule has 0 fully saturated rings. The first-order chi connectivity index (χ1) is 10.4. The van der Waals surface area contributed by atoms with Crippen LogP contribution in [0.1, 0.15) is 16.1 Å². The number of nitrogens with one attached hydrogen (secondary N) is 1. The molecule has 0 spiro atoms. The highest BCUT2D eigenvalue weighted by atomic mass is 79.9. The van der Waals surface area contributed by atoms with Gasteiger partial charge in [0, 0.05) is 13.2 Å². The van der Waals surface area contributed by atoms with E-state index in [0.717, 1.165) is 14.5 Å². The molecule has 0 aliphatic rings. The topological polar surface area (TPSA) is 60.3 Å². The van der Waals surface area contributed by atoms with Crippen molar-refractivity contribution >= 4 is 43.7 Å². The summed E-state index contributed by atoms with van der Waals surface area (Å²) in [6, 6.07) is 7.13. The number of benzene rings is 1. The summed E-state index contributed by atoms with van der Waals surface area (Å²) in [6.07, 6.45) is 1.73. The summed E-state index contributed by atoms with van der Waals surface area (Å²) in [5.74, 6) is -0.444. The zero-order chi connectivity index (χ0) is 16.3. The van der Waals surface area contributed by atoms with E-state index in [1.54, 1.807) is 29.9 Å². The van der Waals surface area contributed by atoms with E-state index < -0.39 is 11.8 Å². The van der Waals surface area contributed by atoms with E-state index in [4.69, 9.17) is 4.74 Å². The highest BCUT2D eigenvalue weighted by Gasteiger charge is 2.15. The van der Waals surface area contributed by atoms with Crippen LogP contribution >= 0.6 is 31.9 Å². The number of aromatic nitrogens is 1. The van der Waals surface area contributed by atoms with Gasteiger partial charge in [-0.3, -0.25) is 14.9 Å². The standard InChI is InChI=1S/C15H14Br2N2O3/c1-9-6-10(16)14(11(17)7-9)22-8-13(20)18-15(21)12-4-3-5-19(12)2/h3-7H,8H2,1-2H3,(H,18,20,21). The largest absolute Gasteiger partial charge is 0.481 e. The normalized spacial score (nSPS) is 10.4. The molecule has 0 radical (unpaired) electrons. The van der Waals surface area contributed by atoms with Crippen LogP contribution in [0.15, 0.2) is 39.4 Å². The van der Waals surface area contributed by atoms with Gasteiger partial charge in [-0.25, -0.2) is 0 Å². The summed E-state index contributed by atoms with van der Waals surface area (Å²) in [4.78, 5) is 23.7. The lowest BCUT2D eigenvalue weighted by Crippen LogP contribution is -2.35. The zero-order valence-corrected chi connectivity index (χ0v) is 15.2. The Hall–Kier alpha value is -1.60. The molecule has 5 nitrogen and oxygen atoms in total. The lowest BCUT2D eigenvalue weighted by atomic mass is 10.2. The molecule has 1 heterocycles. The van der Waals surface area contributed by atoms with Crippen LogP contribution in [0.25, 0.3) is 0 Å². The Kier molecular flexibility index (Phi) is 5.42. The lowest BCUT2D eigenvalue weighted by Gasteiger charge is -2.11. The van der Waals surface area contributed by atoms with E-state index >= 15 is 0 Å². The molecule has 0 aliphatic heterocycles. The van der Waals surface area contributed by atoms with Crippen molar-refractivity contribution < 1.29 is 14.3 Å². The van der Waals surface area contributed by atoms with Crippen LogP contribution in [0.5, 0.6) is 5.75 Å². The molecule has 0 saturated heterocycles. The molecule has 0 atom stereocenters. The van der Waals surface area contributed by atoms with Gasteiger partial charge in [-0.2, -0.15) is 0 Å². The Morgan fingerprint density at radius 1 is 1.27 bits per heavy atom. The van der Waals surface area contributed by atoms with Crippen molar-refractivity contribution in [3.8, 4) is 5.75 Å². The van der Waals surface area contributed by atoms with Crippen molar-refractivity contribution in [2.75, 3.05) is 6.61 Å². The van der Waals surface area contributed by atoms with Crippen LogP contribution in [0.3, 0.4) is 0 Å². The maximum Gasteiger partial charge on any atom is 0.274 e. The van der Waals surface area contributed by atoms with Crippen LogP contribution in [0.4, 0.5) is 0 Å². The minimum absolute atomic E-state index is 0.254. The summed E-state index contributed by atoms with van der Waals surface area (Å²) < 4.78 is 8.58. The monoisotopic (exact) mass is 428 g/mol. The Morgan fingerprint density at radius 3 is 2.45 bits per heavy atom. The molecule has 22 heavy (non-hydrogen) atoms. The van der Waals surface area contributed by atoms with Crippen LogP contribution in [-0.2, 0) is 11.8 Å². The maximum absolute atomic E-state index is 11.9. The molecule has 2 aromatic rings. The second kappa shape index (κ2) is 7.11. The summed E-state index contributed by atoms with van der Waals surface area (Å²) in [5, 5.41) is 2.29. The Labute approximate surface area is 144 Å². The highest BCUT2D eigenvalue weighted by Crippen LogP contribution is 2.34. The summed E-state index contributed by atoms with van der Waals surface area (Å²) >= 11 is 6.77. The molecule has 1 aromatic carbocycles. The van der Waals surface area contributed by atoms with E-state index in [2.05, 4.69) is 37.2 Å². The van der Waals surface area contributed by atoms with E-state index in [0.29, 0.717) is 11.4 Å². The van der Waals surface area contributed by atoms with Crippen LogP contribution < -0.4 is 10.1 Å². The first-order valence-electron chi connectivity index (χ1n) is 6.42. The molecule has 0 bridgehead atoms. The minimum Gasteiger partial charge on any atom is -0.481 e. The Morgan fingerprint density at radius 2 is 1.91 bits per heavy atom. The van der Waals surface area contributed by atoms with Gasteiger partial charge in [0.2, 0.25) is 0 Å². The average molecular weight is 430 g/mol. The first-order valence-corrected chi connectivity index (χ1v) is 8.01. The lowest BCUT2D eigenvalue weighted by molar-refractivity contribution is -0.122. The quantitative estimate of drug-likeness (QED) is 0.811. The number of hydrogen-bond acceptors (Lipinski definition) is 3. The van der Waals surface area contributed by atoms with Gasteiger partial charge in [0.1, 0.15) is 11.4 Å². The van der Waals surface area contributed by atoms with Gasteiger partial charge in [-0.1, -0.05) is 0 Å². The van der Waals surface area contributed by atoms with E-state index in [-0.39, 0.29) is 6.61 Å². The Bertz CT molecular complexity index is 702. The molecule has 116 valence electrons. The van der Waals surface area contributed by atoms with E-state index in [1.807, 2.05) is 19.1 Å². The first kappa shape index (κ1) is 16.8. The second-order valence-electron chi connectivity index (χ2n) is 4.73. The van der Waals surface area contributed by atoms with Crippen molar-refractivity contribution in [3.05, 3.63) is 50.7 Å². The fourth-order valence-electron chi connectivity index (χ4n) is 1.89. The number of carbonyl (C=O) groups excluding carboxylic acids is 2. The van der Waals surface area contributed by atoms with Gasteiger partial charge < -0.3 is 9.30 Å². The molecule has 2 rings (SSSR count). The molecule has 0 unspecified atom stereocenters. The van der Waals surface area contributed by atoms with Crippen molar-refractivity contribution in [3.63, 3.8) is 0 Å². The second-order valence-corrected chi connectivity index (χ2v) is 6.44. The molecule has 7 heteroatoms. The third-order valence-electron chi connectivity index (χ3n) is 2.92. The predicted octanol–water partition coefficient (Wildman–Crippen LogP) is 3.19. The van der Waals surface area contributed by atoms with Crippen LogP contribution in [-0.4, -0.2) is 23.0 Å². The molecule has 1 N–H and O–H groups in total. The third kappa shape index (κ3) is 3.98. The molecule has 1 aromatic heterocycles. The number of halogens is 2. The predicted molar refractivity (Wildman–Crippen MR) is 90.0 cm³/mol. The van der Waals surface area contributed by atoms with Crippen molar-refractivity contribution in [2.45, 2.75) is 6.92 Å². The van der Waals surface area contributed by atoms with E-state index in [9.17, 15) is 9.59 Å². The van der Waals surface area contributed by atoms with Gasteiger partial charge in [0.15, 0.2) is 6.61 Å². The van der Waals surface area contributed by atoms with Crippen molar-refractivity contribution in [1.29, 1.82) is 0 Å². The molecule has 0 saturated carbocycles. The highest BCUT2D eigenvalue weighted by molar-refractivity contribution is 9.11. The average Bonchev–Trinajstić information content (AvgIpc) is 2.83. The number of amides is 2. The number of ether oxygens (including phenoxy) is 1. The number of rotatable bonds is 4. The van der Waals surface area contributed by atoms with Crippen LogP contribution in [0, 0.1) is 6.92 Å². The summed E-state index contributed by atoms with van der Waals surface area (Å²) in [5.41, 5.74) is 1.46. The number of imide groups is 1. The molecular weight excluding hydrogens is 416 g/mol. The summed E-state index contributed by atoms with van der Waals surface area (Å²) in [6.45, 7) is 1.70. The third-order valence-corrected chi connectivity index (χ3v) is 4.10. The minimum atomic E-state index is -0.509. The zero-order valence-electron chi connectivity index (χ0n) is 12.0. The van der Waals surface area contributed by atoms with Gasteiger partial charge in [-0.05, 0) is 68.6 Å². The SMILES string of the molecule is Cc1cc(Br)c(OCC(=O)NC(=O)c2cccn2C)c(Br)c1. The van der Waals surface area contributed by atoms with Crippen molar-refractivity contribution in [1.82, 2.24) is 9.88 Å². The number of aryl methyl sites for hydroxylation is 2. The smallest absolute Gasteiger partial charge is 0.274 e. The van der Waals surface area contributed by atoms with Gasteiger partial charge >= 0.3 is 0 Å². The summed E-state index contributed by atoms with van der Waals surface area (Å²) in [7, 11) is 1.73. The molecule has 2 amide bonds. The van der Waals surface area contributed by atoms with Gasteiger partial charge in [0.25, 0.3) is 11.8 Å². The van der Waals surface area contributed by atoms with Crippen molar-refractivity contribution in [2.24, 2.45) is 7.05 Å². The number of carbonyl (C=O) groups is 2. The molecule has 0 aliphatic carbocycles. The van der Waals surface area contributed by atoms with Crippen LogP contribution in [0.2, 0.25) is 0 Å². The number of nitrogens with zero attached hydrogens (tertiary/aromatic N) is 1. The maximum atomic E-state index is 11.9. The van der Waals surface area contributed by atoms with E-state index in [1.165, 1.54) is 0 Å².